The first-order valence-electron chi connectivity index (χ1n) is 7.07. The normalized spacial score (nSPS) is 17.8. The number of methoxy groups -OCH3 is 1. The molecule has 0 aliphatic carbocycles. The van der Waals surface area contributed by atoms with E-state index in [0.29, 0.717) is 54.4 Å². The zero-order valence-electron chi connectivity index (χ0n) is 11.8. The Morgan fingerprint density at radius 1 is 1.14 bits per heavy atom. The van der Waals surface area contributed by atoms with E-state index in [1.165, 1.54) is 0 Å². The summed E-state index contributed by atoms with van der Waals surface area (Å²) >= 11 is 0. The monoisotopic (exact) mass is 294 g/mol. The molecule has 1 unspecified atom stereocenters. The first-order chi connectivity index (χ1) is 10.1. The number of benzene rings is 1. The fourth-order valence-corrected chi connectivity index (χ4v) is 3.07. The van der Waals surface area contributed by atoms with Crippen molar-refractivity contribution in [1.82, 2.24) is 0 Å². The molecule has 0 bridgehead atoms. The van der Waals surface area contributed by atoms with Crippen molar-refractivity contribution in [3.63, 3.8) is 0 Å². The maximum absolute atomic E-state index is 11.2. The van der Waals surface area contributed by atoms with E-state index in [-0.39, 0.29) is 0 Å². The number of fused-ring (bicyclic) bond motifs is 2. The predicted octanol–water partition coefficient (Wildman–Crippen LogP) is 1.46. The van der Waals surface area contributed by atoms with Gasteiger partial charge in [-0.3, -0.25) is 0 Å². The van der Waals surface area contributed by atoms with Crippen LogP contribution in [0.3, 0.4) is 0 Å². The number of hydrogen-bond donors (Lipinski definition) is 2. The summed E-state index contributed by atoms with van der Waals surface area (Å²) in [5, 5.41) is 19.3. The van der Waals surface area contributed by atoms with Crippen molar-refractivity contribution in [2.24, 2.45) is 0 Å². The number of ether oxygens (including phenoxy) is 3. The second-order valence-corrected chi connectivity index (χ2v) is 5.21. The molecule has 0 fully saturated rings. The third-order valence-corrected chi connectivity index (χ3v) is 3.94. The topological polar surface area (TPSA) is 85.2 Å². The summed E-state index contributed by atoms with van der Waals surface area (Å²) in [6.45, 7) is 1.07. The van der Waals surface area contributed by atoms with E-state index in [9.17, 15) is 15.0 Å². The summed E-state index contributed by atoms with van der Waals surface area (Å²) in [6, 6.07) is 0. The highest BCUT2D eigenvalue weighted by molar-refractivity contribution is 5.78. The van der Waals surface area contributed by atoms with Crippen molar-refractivity contribution in [3.05, 3.63) is 16.7 Å². The van der Waals surface area contributed by atoms with Crippen LogP contribution in [0.25, 0.3) is 0 Å². The summed E-state index contributed by atoms with van der Waals surface area (Å²) < 4.78 is 16.8. The third kappa shape index (κ3) is 2.19. The molecule has 2 heterocycles. The molecule has 0 spiro atoms. The van der Waals surface area contributed by atoms with Gasteiger partial charge in [0.1, 0.15) is 5.75 Å². The van der Waals surface area contributed by atoms with Crippen molar-refractivity contribution in [1.29, 1.82) is 0 Å². The van der Waals surface area contributed by atoms with Crippen LogP contribution in [0.15, 0.2) is 0 Å². The van der Waals surface area contributed by atoms with Crippen LogP contribution in [0.2, 0.25) is 0 Å². The smallest absolute Gasteiger partial charge is 0.337 e. The number of carboxylic acid groups (broad SMARTS) is 1. The van der Waals surface area contributed by atoms with Gasteiger partial charge in [0.05, 0.1) is 20.3 Å². The molecule has 3 rings (SSSR count). The van der Waals surface area contributed by atoms with Crippen molar-refractivity contribution in [2.75, 3.05) is 20.3 Å². The van der Waals surface area contributed by atoms with Crippen molar-refractivity contribution in [2.45, 2.75) is 31.8 Å². The molecular weight excluding hydrogens is 276 g/mol. The van der Waals surface area contributed by atoms with Gasteiger partial charge in [-0.25, -0.2) is 4.79 Å². The molecule has 1 aromatic rings. The first-order valence-corrected chi connectivity index (χ1v) is 7.07. The number of rotatable bonds is 3. The SMILES string of the molecule is COc1c2c(c(C(O)C(=O)O)c3c1OCCC3)OCCC2. The molecular formula is C15H18O6. The zero-order chi connectivity index (χ0) is 15.0. The van der Waals surface area contributed by atoms with Gasteiger partial charge in [-0.1, -0.05) is 0 Å². The Bertz CT molecular complexity index is 543. The molecule has 1 aromatic carbocycles. The number of carbonyl (C=O) groups is 1. The van der Waals surface area contributed by atoms with E-state index in [4.69, 9.17) is 14.2 Å². The van der Waals surface area contributed by atoms with Crippen LogP contribution in [0.5, 0.6) is 17.2 Å². The minimum Gasteiger partial charge on any atom is -0.493 e. The molecule has 114 valence electrons. The van der Waals surface area contributed by atoms with Crippen LogP contribution in [-0.4, -0.2) is 36.5 Å². The average molecular weight is 294 g/mol. The van der Waals surface area contributed by atoms with Gasteiger partial charge in [0, 0.05) is 16.7 Å². The highest BCUT2D eigenvalue weighted by Crippen LogP contribution is 2.49. The highest BCUT2D eigenvalue weighted by atomic mass is 16.5. The Hall–Kier alpha value is -1.95. The molecule has 0 saturated heterocycles. The van der Waals surface area contributed by atoms with Gasteiger partial charge in [-0.15, -0.1) is 0 Å². The van der Waals surface area contributed by atoms with Gasteiger partial charge in [0.25, 0.3) is 0 Å². The Kier molecular flexibility index (Phi) is 3.63. The lowest BCUT2D eigenvalue weighted by Crippen LogP contribution is -2.22. The number of aliphatic hydroxyl groups is 1. The summed E-state index contributed by atoms with van der Waals surface area (Å²) in [5.74, 6) is 0.339. The molecule has 21 heavy (non-hydrogen) atoms. The highest BCUT2D eigenvalue weighted by Gasteiger charge is 2.35. The van der Waals surface area contributed by atoms with E-state index in [1.807, 2.05) is 0 Å². The molecule has 1 atom stereocenters. The Morgan fingerprint density at radius 2 is 1.76 bits per heavy atom. The minimum absolute atomic E-state index is 0.327. The molecule has 2 aliphatic rings. The third-order valence-electron chi connectivity index (χ3n) is 3.94. The number of carboxylic acids is 1. The molecule has 2 N–H and O–H groups in total. The summed E-state index contributed by atoms with van der Waals surface area (Å²) in [6.07, 6.45) is 1.34. The molecule has 2 aliphatic heterocycles. The predicted molar refractivity (Wildman–Crippen MR) is 73.2 cm³/mol. The van der Waals surface area contributed by atoms with Gasteiger partial charge >= 0.3 is 5.97 Å². The maximum Gasteiger partial charge on any atom is 0.337 e. The second-order valence-electron chi connectivity index (χ2n) is 5.21. The lowest BCUT2D eigenvalue weighted by Gasteiger charge is -2.30. The Labute approximate surface area is 122 Å². The van der Waals surface area contributed by atoms with Gasteiger partial charge in [-0.2, -0.15) is 0 Å². The zero-order valence-corrected chi connectivity index (χ0v) is 11.8. The van der Waals surface area contributed by atoms with Crippen LogP contribution < -0.4 is 14.2 Å². The van der Waals surface area contributed by atoms with Crippen LogP contribution in [0.4, 0.5) is 0 Å². The van der Waals surface area contributed by atoms with Crippen LogP contribution in [0.1, 0.15) is 35.6 Å². The van der Waals surface area contributed by atoms with E-state index in [0.717, 1.165) is 18.4 Å². The van der Waals surface area contributed by atoms with E-state index in [2.05, 4.69) is 0 Å². The summed E-state index contributed by atoms with van der Waals surface area (Å²) in [4.78, 5) is 11.2. The molecule has 0 aromatic heterocycles. The molecule has 0 radical (unpaired) electrons. The van der Waals surface area contributed by atoms with Crippen LogP contribution >= 0.6 is 0 Å². The standard InChI is InChI=1S/C15H18O6/c1-19-13-9-5-3-6-20-12(9)10(11(16)15(17)18)8-4-2-7-21-14(8)13/h11,16H,2-7H2,1H3,(H,17,18). The van der Waals surface area contributed by atoms with Gasteiger partial charge in [-0.05, 0) is 25.7 Å². The maximum atomic E-state index is 11.2. The van der Waals surface area contributed by atoms with E-state index in [1.54, 1.807) is 7.11 Å². The Balaban J connectivity index is 2.28. The molecule has 0 amide bonds. The van der Waals surface area contributed by atoms with Gasteiger partial charge in [0.2, 0.25) is 0 Å². The molecule has 6 nitrogen and oxygen atoms in total. The van der Waals surface area contributed by atoms with Crippen molar-refractivity contribution in [3.8, 4) is 17.2 Å². The molecule has 6 heteroatoms. The quantitative estimate of drug-likeness (QED) is 0.878. The fraction of sp³-hybridized carbons (Fsp3) is 0.533. The van der Waals surface area contributed by atoms with E-state index >= 15 is 0 Å². The lowest BCUT2D eigenvalue weighted by atomic mass is 9.89. The molecule has 0 saturated carbocycles. The average Bonchev–Trinajstić information content (AvgIpc) is 2.51. The second kappa shape index (κ2) is 5.44. The fourth-order valence-electron chi connectivity index (χ4n) is 3.07. The summed E-state index contributed by atoms with van der Waals surface area (Å²) in [5.41, 5.74) is 1.81. The number of aliphatic carboxylic acids is 1. The Morgan fingerprint density at radius 3 is 2.38 bits per heavy atom. The van der Waals surface area contributed by atoms with Crippen molar-refractivity contribution < 1.29 is 29.2 Å². The number of aliphatic hydroxyl groups excluding tert-OH is 1. The van der Waals surface area contributed by atoms with Crippen LogP contribution in [-0.2, 0) is 17.6 Å². The van der Waals surface area contributed by atoms with Crippen molar-refractivity contribution >= 4 is 5.97 Å². The van der Waals surface area contributed by atoms with E-state index < -0.39 is 12.1 Å². The van der Waals surface area contributed by atoms with Gasteiger partial charge < -0.3 is 24.4 Å². The summed E-state index contributed by atoms with van der Waals surface area (Å²) in [7, 11) is 1.57. The minimum atomic E-state index is -1.61. The van der Waals surface area contributed by atoms with Gasteiger partial charge in [0.15, 0.2) is 17.6 Å². The lowest BCUT2D eigenvalue weighted by molar-refractivity contribution is -0.147. The van der Waals surface area contributed by atoms with Crippen LogP contribution in [0, 0.1) is 0 Å². The largest absolute Gasteiger partial charge is 0.493 e. The first kappa shape index (κ1) is 14.0. The number of hydrogen-bond acceptors (Lipinski definition) is 5.